The maximum Gasteiger partial charge on any atom is 0.315 e. The number of ketones is 1. The maximum atomic E-state index is 11.4. The molecule has 0 spiro atoms. The van der Waals surface area contributed by atoms with E-state index in [1.54, 1.807) is 0 Å². The van der Waals surface area contributed by atoms with Crippen LogP contribution in [0.2, 0.25) is 0 Å². The van der Waals surface area contributed by atoms with Crippen LogP contribution < -0.4 is 0 Å². The minimum Gasteiger partial charge on any atom is -0.481 e. The Balaban J connectivity index is 2.53. The third-order valence-corrected chi connectivity index (χ3v) is 3.53. The van der Waals surface area contributed by atoms with E-state index in [1.165, 1.54) is 0 Å². The number of hydrogen-bond acceptors (Lipinski definition) is 2. The Labute approximate surface area is 94.1 Å². The number of aliphatic carboxylic acids is 1. The molecule has 1 aromatic carbocycles. The SMILES string of the molecule is Cc1cccc(C2(C(=O)O)CC(=O)C2)c1C. The van der Waals surface area contributed by atoms with Crippen molar-refractivity contribution in [2.24, 2.45) is 0 Å². The van der Waals surface area contributed by atoms with Gasteiger partial charge in [-0.3, -0.25) is 9.59 Å². The van der Waals surface area contributed by atoms with E-state index in [1.807, 2.05) is 32.0 Å². The Morgan fingerprint density at radius 1 is 1.31 bits per heavy atom. The van der Waals surface area contributed by atoms with Crippen LogP contribution in [0.4, 0.5) is 0 Å². The van der Waals surface area contributed by atoms with E-state index in [0.29, 0.717) is 0 Å². The lowest BCUT2D eigenvalue weighted by atomic mass is 9.62. The summed E-state index contributed by atoms with van der Waals surface area (Å²) in [6.07, 6.45) is 0.263. The first-order chi connectivity index (χ1) is 7.47. The standard InChI is InChI=1S/C13H14O3/c1-8-4-3-5-11(9(8)2)13(12(15)16)6-10(14)7-13/h3-5H,6-7H2,1-2H3,(H,15,16). The molecule has 3 nitrogen and oxygen atoms in total. The van der Waals surface area contributed by atoms with Crippen molar-refractivity contribution in [2.45, 2.75) is 32.1 Å². The largest absolute Gasteiger partial charge is 0.481 e. The number of hydrogen-bond donors (Lipinski definition) is 1. The highest BCUT2D eigenvalue weighted by molar-refractivity contribution is 6.01. The predicted molar refractivity (Wildman–Crippen MR) is 59.5 cm³/mol. The number of aryl methyl sites for hydroxylation is 1. The molecule has 1 aromatic rings. The summed E-state index contributed by atoms with van der Waals surface area (Å²) in [7, 11) is 0. The number of benzene rings is 1. The number of carbonyl (C=O) groups is 2. The van der Waals surface area contributed by atoms with Crippen molar-refractivity contribution in [1.29, 1.82) is 0 Å². The second-order valence-corrected chi connectivity index (χ2v) is 4.53. The third kappa shape index (κ3) is 1.35. The quantitative estimate of drug-likeness (QED) is 0.825. The average Bonchev–Trinajstić information content (AvgIpc) is 2.17. The zero-order valence-corrected chi connectivity index (χ0v) is 9.41. The van der Waals surface area contributed by atoms with Crippen LogP contribution in [-0.4, -0.2) is 16.9 Å². The van der Waals surface area contributed by atoms with Gasteiger partial charge in [0.15, 0.2) is 0 Å². The summed E-state index contributed by atoms with van der Waals surface area (Å²) in [4.78, 5) is 22.5. The first-order valence-electron chi connectivity index (χ1n) is 5.29. The van der Waals surface area contributed by atoms with Gasteiger partial charge in [-0.1, -0.05) is 18.2 Å². The minimum atomic E-state index is -0.965. The van der Waals surface area contributed by atoms with Crippen molar-refractivity contribution in [3.8, 4) is 0 Å². The summed E-state index contributed by atoms with van der Waals surface area (Å²) < 4.78 is 0. The number of carbonyl (C=O) groups excluding carboxylic acids is 1. The third-order valence-electron chi connectivity index (χ3n) is 3.53. The highest BCUT2D eigenvalue weighted by Crippen LogP contribution is 2.43. The molecule has 0 atom stereocenters. The van der Waals surface area contributed by atoms with Crippen molar-refractivity contribution in [1.82, 2.24) is 0 Å². The van der Waals surface area contributed by atoms with Gasteiger partial charge in [0.05, 0.1) is 0 Å². The lowest BCUT2D eigenvalue weighted by Crippen LogP contribution is -2.48. The highest BCUT2D eigenvalue weighted by Gasteiger charge is 2.52. The van der Waals surface area contributed by atoms with E-state index in [2.05, 4.69) is 0 Å². The van der Waals surface area contributed by atoms with Gasteiger partial charge in [-0.25, -0.2) is 0 Å². The average molecular weight is 218 g/mol. The summed E-state index contributed by atoms with van der Waals surface area (Å²) in [5, 5.41) is 9.32. The van der Waals surface area contributed by atoms with Crippen LogP contribution in [0.5, 0.6) is 0 Å². The second-order valence-electron chi connectivity index (χ2n) is 4.53. The molecular formula is C13H14O3. The van der Waals surface area contributed by atoms with E-state index in [9.17, 15) is 14.7 Å². The molecule has 84 valence electrons. The summed E-state index contributed by atoms with van der Waals surface area (Å²) >= 11 is 0. The Morgan fingerprint density at radius 2 is 1.94 bits per heavy atom. The van der Waals surface area contributed by atoms with Crippen LogP contribution in [0.1, 0.15) is 29.5 Å². The van der Waals surface area contributed by atoms with Crippen LogP contribution in [0.3, 0.4) is 0 Å². The molecule has 0 bridgehead atoms. The van der Waals surface area contributed by atoms with Crippen LogP contribution in [0, 0.1) is 13.8 Å². The van der Waals surface area contributed by atoms with Gasteiger partial charge in [0.25, 0.3) is 0 Å². The lowest BCUT2D eigenvalue weighted by molar-refractivity contribution is -0.153. The van der Waals surface area contributed by atoms with E-state index >= 15 is 0 Å². The minimum absolute atomic E-state index is 0.0308. The molecular weight excluding hydrogens is 204 g/mol. The molecule has 1 saturated carbocycles. The first kappa shape index (κ1) is 10.9. The Morgan fingerprint density at radius 3 is 2.44 bits per heavy atom. The Kier molecular flexibility index (Phi) is 2.34. The fourth-order valence-electron chi connectivity index (χ4n) is 2.35. The number of carboxylic acid groups (broad SMARTS) is 1. The highest BCUT2D eigenvalue weighted by atomic mass is 16.4. The zero-order valence-electron chi connectivity index (χ0n) is 9.41. The molecule has 0 aromatic heterocycles. The second kappa shape index (κ2) is 3.44. The van der Waals surface area contributed by atoms with E-state index < -0.39 is 11.4 Å². The van der Waals surface area contributed by atoms with Gasteiger partial charge in [-0.15, -0.1) is 0 Å². The molecule has 0 saturated heterocycles. The normalized spacial score (nSPS) is 18.0. The van der Waals surface area contributed by atoms with Gasteiger partial charge in [-0.05, 0) is 30.5 Å². The molecule has 0 heterocycles. The van der Waals surface area contributed by atoms with Gasteiger partial charge in [0.2, 0.25) is 0 Å². The molecule has 2 rings (SSSR count). The summed E-state index contributed by atoms with van der Waals surface area (Å²) in [6, 6.07) is 5.63. The summed E-state index contributed by atoms with van der Waals surface area (Å²) in [5.74, 6) is -0.857. The number of Topliss-reactive ketones (excluding diaryl/α,β-unsaturated/α-hetero) is 1. The van der Waals surface area contributed by atoms with Gasteiger partial charge in [0.1, 0.15) is 11.2 Å². The van der Waals surface area contributed by atoms with Crippen molar-refractivity contribution in [2.75, 3.05) is 0 Å². The fourth-order valence-corrected chi connectivity index (χ4v) is 2.35. The number of carboxylic acids is 1. The maximum absolute atomic E-state index is 11.4. The molecule has 1 aliphatic rings. The zero-order chi connectivity index (χ0) is 11.9. The molecule has 0 unspecified atom stereocenters. The Hall–Kier alpha value is -1.64. The first-order valence-corrected chi connectivity index (χ1v) is 5.29. The molecule has 1 fully saturated rings. The van der Waals surface area contributed by atoms with Crippen molar-refractivity contribution >= 4 is 11.8 Å². The van der Waals surface area contributed by atoms with Crippen molar-refractivity contribution in [3.05, 3.63) is 34.9 Å². The molecule has 1 aliphatic carbocycles. The van der Waals surface area contributed by atoms with Gasteiger partial charge >= 0.3 is 5.97 Å². The Bertz CT molecular complexity index is 466. The molecule has 1 N–H and O–H groups in total. The summed E-state index contributed by atoms with van der Waals surface area (Å²) in [6.45, 7) is 3.87. The fraction of sp³-hybridized carbons (Fsp3) is 0.385. The molecule has 0 amide bonds. The smallest absolute Gasteiger partial charge is 0.315 e. The molecule has 0 aliphatic heterocycles. The van der Waals surface area contributed by atoms with Gasteiger partial charge in [0, 0.05) is 12.8 Å². The lowest BCUT2D eigenvalue weighted by Gasteiger charge is -2.38. The number of rotatable bonds is 2. The van der Waals surface area contributed by atoms with Crippen LogP contribution >= 0.6 is 0 Å². The van der Waals surface area contributed by atoms with Gasteiger partial charge in [-0.2, -0.15) is 0 Å². The van der Waals surface area contributed by atoms with Crippen LogP contribution in [0.25, 0.3) is 0 Å². The van der Waals surface area contributed by atoms with Crippen molar-refractivity contribution < 1.29 is 14.7 Å². The van der Waals surface area contributed by atoms with E-state index in [-0.39, 0.29) is 18.6 Å². The summed E-state index contributed by atoms with van der Waals surface area (Å²) in [5.41, 5.74) is 1.88. The van der Waals surface area contributed by atoms with Crippen molar-refractivity contribution in [3.63, 3.8) is 0 Å². The van der Waals surface area contributed by atoms with Crippen LogP contribution in [0.15, 0.2) is 18.2 Å². The van der Waals surface area contributed by atoms with E-state index in [0.717, 1.165) is 16.7 Å². The molecule has 16 heavy (non-hydrogen) atoms. The predicted octanol–water partition coefficient (Wildman–Crippen LogP) is 1.99. The van der Waals surface area contributed by atoms with Crippen LogP contribution in [-0.2, 0) is 15.0 Å². The topological polar surface area (TPSA) is 54.4 Å². The molecule has 0 radical (unpaired) electrons. The van der Waals surface area contributed by atoms with Gasteiger partial charge < -0.3 is 5.11 Å². The van der Waals surface area contributed by atoms with E-state index in [4.69, 9.17) is 0 Å². The molecule has 3 heteroatoms. The monoisotopic (exact) mass is 218 g/mol.